The fourth-order valence-electron chi connectivity index (χ4n) is 2.10. The molecule has 0 atom stereocenters. The fraction of sp³-hybridized carbons (Fsp3) is 0.118. The van der Waals surface area contributed by atoms with Crippen molar-refractivity contribution in [2.75, 3.05) is 12.3 Å². The van der Waals surface area contributed by atoms with Gasteiger partial charge in [0.2, 0.25) is 0 Å². The van der Waals surface area contributed by atoms with Crippen molar-refractivity contribution in [2.24, 2.45) is 5.10 Å². The topological polar surface area (TPSA) is 89.6 Å². The zero-order valence-corrected chi connectivity index (χ0v) is 15.7. The van der Waals surface area contributed by atoms with Gasteiger partial charge in [-0.25, -0.2) is 10.4 Å². The van der Waals surface area contributed by atoms with Gasteiger partial charge in [0.05, 0.1) is 15.9 Å². The smallest absolute Gasteiger partial charge is 0.277 e. The Morgan fingerprint density at radius 3 is 2.84 bits per heavy atom. The lowest BCUT2D eigenvalue weighted by molar-refractivity contribution is -0.123. The molecule has 8 heteroatoms. The Labute approximate surface area is 156 Å². The molecule has 3 rings (SSSR count). The molecule has 0 aliphatic carbocycles. The van der Waals surface area contributed by atoms with Gasteiger partial charge in [0, 0.05) is 4.47 Å². The monoisotopic (exact) mass is 418 g/mol. The third-order valence-corrected chi connectivity index (χ3v) is 4.73. The Morgan fingerprint density at radius 1 is 1.32 bits per heavy atom. The summed E-state index contributed by atoms with van der Waals surface area (Å²) in [6.45, 7) is 1.70. The van der Waals surface area contributed by atoms with Gasteiger partial charge in [0.15, 0.2) is 11.7 Å². The summed E-state index contributed by atoms with van der Waals surface area (Å²) in [5, 5.41) is 4.59. The summed E-state index contributed by atoms with van der Waals surface area (Å²) >= 11 is 4.75. The fourth-order valence-corrected chi connectivity index (χ4v) is 3.12. The van der Waals surface area contributed by atoms with Crippen molar-refractivity contribution in [3.05, 3.63) is 52.5 Å². The van der Waals surface area contributed by atoms with Gasteiger partial charge in [-0.1, -0.05) is 39.4 Å². The van der Waals surface area contributed by atoms with Gasteiger partial charge in [-0.15, -0.1) is 0 Å². The average molecular weight is 419 g/mol. The Kier molecular flexibility index (Phi) is 5.30. The molecular weight excluding hydrogens is 404 g/mol. The predicted octanol–water partition coefficient (Wildman–Crippen LogP) is 3.56. The summed E-state index contributed by atoms with van der Waals surface area (Å²) in [5.41, 5.74) is 10.6. The van der Waals surface area contributed by atoms with E-state index >= 15 is 0 Å². The zero-order valence-electron chi connectivity index (χ0n) is 13.3. The van der Waals surface area contributed by atoms with E-state index < -0.39 is 0 Å². The molecular formula is C17H15BrN4O2S. The number of benzene rings is 2. The van der Waals surface area contributed by atoms with Crippen molar-refractivity contribution in [1.29, 1.82) is 0 Å². The summed E-state index contributed by atoms with van der Waals surface area (Å²) in [6, 6.07) is 13.1. The quantitative estimate of drug-likeness (QED) is 0.489. The van der Waals surface area contributed by atoms with Crippen LogP contribution in [0.1, 0.15) is 12.5 Å². The number of thiazole rings is 1. The van der Waals surface area contributed by atoms with Gasteiger partial charge in [-0.2, -0.15) is 5.10 Å². The molecule has 1 aromatic heterocycles. The molecule has 2 aromatic carbocycles. The standard InChI is InChI=1S/C17H15BrN4O2S/c1-10(11-2-4-12(18)5-3-11)21-22-16(23)9-24-13-6-7-14-15(8-13)25-17(19)20-14/h2-8H,9H2,1H3,(H2,19,20)(H,22,23)/b21-10+. The first-order valence-electron chi connectivity index (χ1n) is 7.39. The minimum Gasteiger partial charge on any atom is -0.484 e. The van der Waals surface area contributed by atoms with Crippen molar-refractivity contribution in [2.45, 2.75) is 6.92 Å². The van der Waals surface area contributed by atoms with E-state index in [4.69, 9.17) is 10.5 Å². The molecule has 0 radical (unpaired) electrons. The second-order valence-electron chi connectivity index (χ2n) is 5.21. The number of aromatic nitrogens is 1. The number of hydrogen-bond donors (Lipinski definition) is 2. The van der Waals surface area contributed by atoms with Gasteiger partial charge >= 0.3 is 0 Å². The van der Waals surface area contributed by atoms with E-state index in [1.165, 1.54) is 11.3 Å². The number of amides is 1. The second kappa shape index (κ2) is 7.62. The summed E-state index contributed by atoms with van der Waals surface area (Å²) in [7, 11) is 0. The van der Waals surface area contributed by atoms with Crippen LogP contribution in [0.2, 0.25) is 0 Å². The van der Waals surface area contributed by atoms with Crippen molar-refractivity contribution >= 4 is 54.2 Å². The molecule has 25 heavy (non-hydrogen) atoms. The van der Waals surface area contributed by atoms with Crippen LogP contribution in [0.3, 0.4) is 0 Å². The van der Waals surface area contributed by atoms with E-state index in [0.29, 0.717) is 16.6 Å². The second-order valence-corrected chi connectivity index (χ2v) is 7.19. The Hall–Kier alpha value is -2.45. The Bertz CT molecular complexity index is 937. The highest BCUT2D eigenvalue weighted by Crippen LogP contribution is 2.27. The van der Waals surface area contributed by atoms with Gasteiger partial charge < -0.3 is 10.5 Å². The maximum absolute atomic E-state index is 11.9. The number of carbonyl (C=O) groups is 1. The number of rotatable bonds is 5. The van der Waals surface area contributed by atoms with Crippen LogP contribution < -0.4 is 15.9 Å². The molecule has 0 fully saturated rings. The Morgan fingerprint density at radius 2 is 2.08 bits per heavy atom. The van der Waals surface area contributed by atoms with E-state index in [0.717, 1.165) is 20.3 Å². The molecule has 1 heterocycles. The van der Waals surface area contributed by atoms with Gasteiger partial charge in [0.25, 0.3) is 5.91 Å². The Balaban J connectivity index is 1.56. The van der Waals surface area contributed by atoms with Crippen molar-refractivity contribution < 1.29 is 9.53 Å². The third kappa shape index (κ3) is 4.55. The maximum Gasteiger partial charge on any atom is 0.277 e. The molecule has 0 saturated heterocycles. The summed E-state index contributed by atoms with van der Waals surface area (Å²) < 4.78 is 7.39. The highest BCUT2D eigenvalue weighted by Gasteiger charge is 2.06. The van der Waals surface area contributed by atoms with Gasteiger partial charge in [-0.3, -0.25) is 4.79 Å². The minimum absolute atomic E-state index is 0.128. The van der Waals surface area contributed by atoms with Crippen molar-refractivity contribution in [3.63, 3.8) is 0 Å². The largest absolute Gasteiger partial charge is 0.484 e. The number of nitrogens with one attached hydrogen (secondary N) is 1. The van der Waals surface area contributed by atoms with E-state index in [1.54, 1.807) is 6.07 Å². The normalized spacial score (nSPS) is 11.5. The lowest BCUT2D eigenvalue weighted by Gasteiger charge is -2.06. The van der Waals surface area contributed by atoms with E-state index in [-0.39, 0.29) is 12.5 Å². The average Bonchev–Trinajstić information content (AvgIpc) is 2.97. The lowest BCUT2D eigenvalue weighted by Crippen LogP contribution is -2.25. The first-order chi connectivity index (χ1) is 12.0. The number of nitrogen functional groups attached to an aromatic ring is 1. The zero-order chi connectivity index (χ0) is 17.8. The molecule has 0 bridgehead atoms. The number of halogens is 1. The van der Waals surface area contributed by atoms with E-state index in [1.807, 2.05) is 43.3 Å². The molecule has 1 amide bonds. The molecule has 0 aliphatic rings. The summed E-state index contributed by atoms with van der Waals surface area (Å²) in [6.07, 6.45) is 0. The third-order valence-electron chi connectivity index (χ3n) is 3.36. The van der Waals surface area contributed by atoms with Gasteiger partial charge in [0.1, 0.15) is 5.75 Å². The van der Waals surface area contributed by atoms with Crippen molar-refractivity contribution in [1.82, 2.24) is 10.4 Å². The molecule has 128 valence electrons. The number of nitrogens with two attached hydrogens (primary N) is 1. The van der Waals surface area contributed by atoms with Crippen molar-refractivity contribution in [3.8, 4) is 5.75 Å². The number of anilines is 1. The van der Waals surface area contributed by atoms with Crippen LogP contribution in [0.15, 0.2) is 52.0 Å². The van der Waals surface area contributed by atoms with Gasteiger partial charge in [-0.05, 0) is 42.8 Å². The predicted molar refractivity (Wildman–Crippen MR) is 104 cm³/mol. The maximum atomic E-state index is 11.9. The molecule has 0 saturated carbocycles. The first-order valence-corrected chi connectivity index (χ1v) is 9.00. The minimum atomic E-state index is -0.333. The highest BCUT2D eigenvalue weighted by molar-refractivity contribution is 9.10. The number of ether oxygens (including phenoxy) is 1. The number of hydrazone groups is 1. The SMILES string of the molecule is C/C(=N\NC(=O)COc1ccc2nc(N)sc2c1)c1ccc(Br)cc1. The highest BCUT2D eigenvalue weighted by atomic mass is 79.9. The van der Waals surface area contributed by atoms with Crippen LogP contribution in [0.5, 0.6) is 5.75 Å². The molecule has 3 N–H and O–H groups in total. The molecule has 6 nitrogen and oxygen atoms in total. The lowest BCUT2D eigenvalue weighted by atomic mass is 10.1. The number of hydrogen-bond acceptors (Lipinski definition) is 6. The van der Waals surface area contributed by atoms with E-state index in [2.05, 4.69) is 31.4 Å². The van der Waals surface area contributed by atoms with Crippen LogP contribution in [0.25, 0.3) is 10.2 Å². The van der Waals surface area contributed by atoms with Crippen LogP contribution in [0.4, 0.5) is 5.13 Å². The van der Waals surface area contributed by atoms with Crippen LogP contribution in [0, 0.1) is 0 Å². The molecule has 0 spiro atoms. The van der Waals surface area contributed by atoms with E-state index in [9.17, 15) is 4.79 Å². The molecule has 3 aromatic rings. The van der Waals surface area contributed by atoms with Crippen LogP contribution >= 0.6 is 27.3 Å². The van der Waals surface area contributed by atoms with Crippen LogP contribution in [-0.4, -0.2) is 23.2 Å². The summed E-state index contributed by atoms with van der Waals surface area (Å²) in [5.74, 6) is 0.250. The number of carbonyl (C=O) groups excluding carboxylic acids is 1. The summed E-state index contributed by atoms with van der Waals surface area (Å²) in [4.78, 5) is 16.1. The first kappa shape index (κ1) is 17.4. The number of nitrogens with zero attached hydrogens (tertiary/aromatic N) is 2. The van der Waals surface area contributed by atoms with Crippen LogP contribution in [-0.2, 0) is 4.79 Å². The molecule has 0 unspecified atom stereocenters. The number of fused-ring (bicyclic) bond motifs is 1. The molecule has 0 aliphatic heterocycles.